The Bertz CT molecular complexity index is 1180. The van der Waals surface area contributed by atoms with Gasteiger partial charge in [-0.25, -0.2) is 0 Å². The second kappa shape index (κ2) is 7.45. The quantitative estimate of drug-likeness (QED) is 0.703. The van der Waals surface area contributed by atoms with Crippen molar-refractivity contribution in [1.82, 2.24) is 14.8 Å². The second-order valence-electron chi connectivity index (χ2n) is 8.78. The highest BCUT2D eigenvalue weighted by molar-refractivity contribution is 6.01. The number of H-pyrrole nitrogens is 1. The van der Waals surface area contributed by atoms with Crippen LogP contribution in [0, 0.1) is 5.92 Å². The van der Waals surface area contributed by atoms with Crippen molar-refractivity contribution >= 4 is 22.7 Å². The summed E-state index contributed by atoms with van der Waals surface area (Å²) in [5.74, 6) is 0.810. The molecule has 0 aliphatic carbocycles. The van der Waals surface area contributed by atoms with Gasteiger partial charge >= 0.3 is 0 Å². The van der Waals surface area contributed by atoms with Crippen LogP contribution in [-0.2, 0) is 24.3 Å². The second-order valence-corrected chi connectivity index (χ2v) is 8.78. The van der Waals surface area contributed by atoms with Gasteiger partial charge in [-0.05, 0) is 35.7 Å². The number of hydrogen-bond acceptors (Lipinski definition) is 3. The lowest BCUT2D eigenvalue weighted by atomic mass is 9.98. The van der Waals surface area contributed by atoms with Crippen LogP contribution in [0.5, 0.6) is 5.75 Å². The Morgan fingerprint density at radius 1 is 1.13 bits per heavy atom. The van der Waals surface area contributed by atoms with E-state index in [1.54, 1.807) is 12.0 Å². The molecule has 2 aliphatic heterocycles. The number of amides is 2. The highest BCUT2D eigenvalue weighted by Gasteiger charge is 2.40. The smallest absolute Gasteiger partial charge is 0.255 e. The van der Waals surface area contributed by atoms with Gasteiger partial charge in [0.15, 0.2) is 0 Å². The van der Waals surface area contributed by atoms with Crippen LogP contribution < -0.4 is 4.74 Å². The van der Waals surface area contributed by atoms with E-state index in [0.717, 1.165) is 34.2 Å². The third-order valence-electron chi connectivity index (χ3n) is 6.56. The molecule has 0 spiro atoms. The van der Waals surface area contributed by atoms with Crippen molar-refractivity contribution in [3.05, 3.63) is 64.8 Å². The lowest BCUT2D eigenvalue weighted by Gasteiger charge is -2.36. The van der Waals surface area contributed by atoms with Crippen LogP contribution >= 0.6 is 0 Å². The minimum Gasteiger partial charge on any atom is -0.497 e. The molecule has 5 rings (SSSR count). The first-order valence-corrected chi connectivity index (χ1v) is 10.8. The number of aromatic amines is 1. The molecular formula is C25H27N3O3. The zero-order valence-electron chi connectivity index (χ0n) is 18.1. The van der Waals surface area contributed by atoms with Crippen molar-refractivity contribution in [1.29, 1.82) is 0 Å². The number of fused-ring (bicyclic) bond motifs is 4. The topological polar surface area (TPSA) is 65.6 Å². The Labute approximate surface area is 181 Å². The number of carbonyl (C=O) groups excluding carboxylic acids is 2. The molecule has 1 N–H and O–H groups in total. The molecule has 1 aromatic heterocycles. The van der Waals surface area contributed by atoms with E-state index in [9.17, 15) is 9.59 Å². The summed E-state index contributed by atoms with van der Waals surface area (Å²) in [5, 5.41) is 1.10. The van der Waals surface area contributed by atoms with Gasteiger partial charge in [0.05, 0.1) is 7.11 Å². The molecule has 0 unspecified atom stereocenters. The van der Waals surface area contributed by atoms with Gasteiger partial charge in [-0.15, -0.1) is 0 Å². The molecule has 2 aromatic carbocycles. The summed E-state index contributed by atoms with van der Waals surface area (Å²) in [6.07, 6.45) is 0.775. The summed E-state index contributed by atoms with van der Waals surface area (Å²) < 4.78 is 5.40. The number of nitrogens with zero attached hydrogens (tertiary/aromatic N) is 2. The standard InChI is InChI=1S/C25H27N3O3/c1-15(2)23(28-13-16-6-4-5-7-18(16)24(28)29)25(30)27-11-10-22-20(14-27)19-12-17(31-3)8-9-21(19)26-22/h4-9,12,15,23,26H,10-11,13-14H2,1-3H3/t23-/m1/s1. The normalized spacial score (nSPS) is 16.6. The fourth-order valence-corrected chi connectivity index (χ4v) is 4.98. The molecule has 0 radical (unpaired) electrons. The fourth-order valence-electron chi connectivity index (χ4n) is 4.98. The highest BCUT2D eigenvalue weighted by Crippen LogP contribution is 2.33. The van der Waals surface area contributed by atoms with Crippen LogP contribution in [-0.4, -0.2) is 46.3 Å². The number of rotatable bonds is 4. The minimum absolute atomic E-state index is 0.0234. The Hall–Kier alpha value is -3.28. The van der Waals surface area contributed by atoms with Crippen LogP contribution in [0.2, 0.25) is 0 Å². The first kappa shape index (κ1) is 19.7. The molecule has 3 aromatic rings. The Morgan fingerprint density at radius 2 is 1.94 bits per heavy atom. The number of aromatic nitrogens is 1. The van der Waals surface area contributed by atoms with E-state index >= 15 is 0 Å². The molecule has 6 heteroatoms. The molecule has 0 fully saturated rings. The highest BCUT2D eigenvalue weighted by atomic mass is 16.5. The van der Waals surface area contributed by atoms with Crippen molar-refractivity contribution in [3.8, 4) is 5.75 Å². The SMILES string of the molecule is COc1ccc2[nH]c3c(c2c1)CN(C(=O)[C@@H](C(C)C)N1Cc2ccccc2C1=O)CC3. The van der Waals surface area contributed by atoms with E-state index in [2.05, 4.69) is 4.98 Å². The molecule has 2 aliphatic rings. The number of benzene rings is 2. The summed E-state index contributed by atoms with van der Waals surface area (Å²) in [6.45, 7) is 5.72. The van der Waals surface area contributed by atoms with Gasteiger partial charge in [-0.2, -0.15) is 0 Å². The zero-order chi connectivity index (χ0) is 21.7. The predicted molar refractivity (Wildman–Crippen MR) is 119 cm³/mol. The van der Waals surface area contributed by atoms with Crippen LogP contribution in [0.4, 0.5) is 0 Å². The number of ether oxygens (including phenoxy) is 1. The van der Waals surface area contributed by atoms with E-state index in [1.165, 1.54) is 5.69 Å². The third kappa shape index (κ3) is 3.17. The first-order chi connectivity index (χ1) is 15.0. The van der Waals surface area contributed by atoms with Gasteiger partial charge in [0.1, 0.15) is 11.8 Å². The summed E-state index contributed by atoms with van der Waals surface area (Å²) in [7, 11) is 1.66. The van der Waals surface area contributed by atoms with Crippen molar-refractivity contribution in [2.45, 2.75) is 39.4 Å². The summed E-state index contributed by atoms with van der Waals surface area (Å²) in [6, 6.07) is 13.2. The summed E-state index contributed by atoms with van der Waals surface area (Å²) in [4.78, 5) is 33.9. The maximum atomic E-state index is 13.7. The van der Waals surface area contributed by atoms with E-state index in [0.29, 0.717) is 25.2 Å². The number of carbonyl (C=O) groups is 2. The molecule has 1 atom stereocenters. The molecule has 2 amide bonds. The molecule has 6 nitrogen and oxygen atoms in total. The molecule has 0 saturated carbocycles. The molecule has 160 valence electrons. The fraction of sp³-hybridized carbons (Fsp3) is 0.360. The lowest BCUT2D eigenvalue weighted by molar-refractivity contribution is -0.138. The third-order valence-corrected chi connectivity index (χ3v) is 6.56. The van der Waals surface area contributed by atoms with Gasteiger partial charge < -0.3 is 19.5 Å². The predicted octanol–water partition coefficient (Wildman–Crippen LogP) is 3.74. The van der Waals surface area contributed by atoms with E-state index in [1.807, 2.05) is 61.2 Å². The number of nitrogens with one attached hydrogen (secondary N) is 1. The maximum absolute atomic E-state index is 13.7. The largest absolute Gasteiger partial charge is 0.497 e. The van der Waals surface area contributed by atoms with Crippen molar-refractivity contribution in [2.75, 3.05) is 13.7 Å². The van der Waals surface area contributed by atoms with Crippen molar-refractivity contribution < 1.29 is 14.3 Å². The van der Waals surface area contributed by atoms with E-state index in [4.69, 9.17) is 4.74 Å². The summed E-state index contributed by atoms with van der Waals surface area (Å²) >= 11 is 0. The molecular weight excluding hydrogens is 390 g/mol. The van der Waals surface area contributed by atoms with Crippen LogP contribution in [0.25, 0.3) is 10.9 Å². The van der Waals surface area contributed by atoms with Gasteiger partial charge in [0, 0.05) is 53.8 Å². The summed E-state index contributed by atoms with van der Waals surface area (Å²) in [5.41, 5.74) is 5.09. The first-order valence-electron chi connectivity index (χ1n) is 10.8. The Morgan fingerprint density at radius 3 is 2.68 bits per heavy atom. The molecule has 3 heterocycles. The monoisotopic (exact) mass is 417 g/mol. The lowest BCUT2D eigenvalue weighted by Crippen LogP contribution is -2.52. The van der Waals surface area contributed by atoms with Gasteiger partial charge in [0.2, 0.25) is 5.91 Å². The van der Waals surface area contributed by atoms with Crippen LogP contribution in [0.3, 0.4) is 0 Å². The van der Waals surface area contributed by atoms with E-state index < -0.39 is 6.04 Å². The Balaban J connectivity index is 1.44. The molecule has 0 bridgehead atoms. The Kier molecular flexibility index (Phi) is 4.73. The molecule has 0 saturated heterocycles. The number of hydrogen-bond donors (Lipinski definition) is 1. The van der Waals surface area contributed by atoms with Crippen molar-refractivity contribution in [3.63, 3.8) is 0 Å². The molecule has 31 heavy (non-hydrogen) atoms. The maximum Gasteiger partial charge on any atom is 0.255 e. The van der Waals surface area contributed by atoms with Crippen LogP contribution in [0.15, 0.2) is 42.5 Å². The van der Waals surface area contributed by atoms with Crippen molar-refractivity contribution in [2.24, 2.45) is 5.92 Å². The van der Waals surface area contributed by atoms with Gasteiger partial charge in [-0.3, -0.25) is 9.59 Å². The average Bonchev–Trinajstić information content (AvgIpc) is 3.30. The van der Waals surface area contributed by atoms with Gasteiger partial charge in [0.25, 0.3) is 5.91 Å². The van der Waals surface area contributed by atoms with Gasteiger partial charge in [-0.1, -0.05) is 32.0 Å². The number of methoxy groups -OCH3 is 1. The average molecular weight is 418 g/mol. The minimum atomic E-state index is -0.471. The zero-order valence-corrected chi connectivity index (χ0v) is 18.1. The van der Waals surface area contributed by atoms with E-state index in [-0.39, 0.29) is 17.7 Å². The van der Waals surface area contributed by atoms with Crippen LogP contribution in [0.1, 0.15) is 41.0 Å².